The summed E-state index contributed by atoms with van der Waals surface area (Å²) in [6, 6.07) is 2.25. The molecule has 1 aliphatic rings. The average Bonchev–Trinajstić information content (AvgIpc) is 2.72. The number of halogens is 1. The van der Waals surface area contributed by atoms with Gasteiger partial charge in [-0.2, -0.15) is 0 Å². The van der Waals surface area contributed by atoms with Crippen molar-refractivity contribution in [2.75, 3.05) is 13.1 Å². The minimum Gasteiger partial charge on any atom is -0.351 e. The van der Waals surface area contributed by atoms with Crippen LogP contribution in [0.2, 0.25) is 5.02 Å². The smallest absolute Gasteiger partial charge is 0.252 e. The highest BCUT2D eigenvalue weighted by molar-refractivity contribution is 6.33. The zero-order valence-electron chi connectivity index (χ0n) is 11.7. The maximum absolute atomic E-state index is 11.9. The number of rotatable bonds is 5. The summed E-state index contributed by atoms with van der Waals surface area (Å²) in [4.78, 5) is 15.8. The summed E-state index contributed by atoms with van der Waals surface area (Å²) in [7, 11) is 0. The SMILES string of the molecule is O=C(NCCNC1CCCCCC1)c1ccncc1Cl. The van der Waals surface area contributed by atoms with Gasteiger partial charge in [-0.15, -0.1) is 0 Å². The molecular formula is C15H22ClN3O. The summed E-state index contributed by atoms with van der Waals surface area (Å²) in [6.07, 6.45) is 10.9. The zero-order chi connectivity index (χ0) is 14.2. The van der Waals surface area contributed by atoms with Crippen LogP contribution < -0.4 is 10.6 Å². The van der Waals surface area contributed by atoms with E-state index in [9.17, 15) is 4.79 Å². The van der Waals surface area contributed by atoms with Gasteiger partial charge in [-0.1, -0.05) is 37.3 Å². The molecule has 4 nitrogen and oxygen atoms in total. The first-order chi connectivity index (χ1) is 9.77. The highest BCUT2D eigenvalue weighted by atomic mass is 35.5. The Balaban J connectivity index is 1.68. The summed E-state index contributed by atoms with van der Waals surface area (Å²) in [6.45, 7) is 1.42. The molecule has 0 aliphatic heterocycles. The number of carbonyl (C=O) groups is 1. The molecule has 0 unspecified atom stereocenters. The van der Waals surface area contributed by atoms with Crippen molar-refractivity contribution in [1.29, 1.82) is 0 Å². The first-order valence-corrected chi connectivity index (χ1v) is 7.76. The van der Waals surface area contributed by atoms with Crippen molar-refractivity contribution < 1.29 is 4.79 Å². The van der Waals surface area contributed by atoms with Crippen molar-refractivity contribution in [3.63, 3.8) is 0 Å². The molecule has 1 saturated carbocycles. The lowest BCUT2D eigenvalue weighted by atomic mass is 10.1. The van der Waals surface area contributed by atoms with E-state index in [-0.39, 0.29) is 5.91 Å². The van der Waals surface area contributed by atoms with Crippen LogP contribution in [0.15, 0.2) is 18.5 Å². The van der Waals surface area contributed by atoms with E-state index < -0.39 is 0 Å². The monoisotopic (exact) mass is 295 g/mol. The Hall–Kier alpha value is -1.13. The van der Waals surface area contributed by atoms with Gasteiger partial charge in [0.15, 0.2) is 0 Å². The van der Waals surface area contributed by atoms with Crippen molar-refractivity contribution in [3.8, 4) is 0 Å². The van der Waals surface area contributed by atoms with Crippen molar-refractivity contribution in [1.82, 2.24) is 15.6 Å². The van der Waals surface area contributed by atoms with Gasteiger partial charge in [0.1, 0.15) is 0 Å². The van der Waals surface area contributed by atoms with Crippen molar-refractivity contribution in [2.45, 2.75) is 44.6 Å². The molecule has 1 aliphatic carbocycles. The summed E-state index contributed by atoms with van der Waals surface area (Å²) >= 11 is 5.93. The fourth-order valence-corrected chi connectivity index (χ4v) is 2.80. The van der Waals surface area contributed by atoms with E-state index in [0.29, 0.717) is 23.2 Å². The molecule has 1 aromatic heterocycles. The van der Waals surface area contributed by atoms with E-state index in [2.05, 4.69) is 15.6 Å². The van der Waals surface area contributed by atoms with E-state index in [0.717, 1.165) is 6.54 Å². The standard InChI is InChI=1S/C15H22ClN3O/c16-14-11-17-8-7-13(14)15(20)19-10-9-18-12-5-3-1-2-4-6-12/h7-8,11-12,18H,1-6,9-10H2,(H,19,20). The predicted molar refractivity (Wildman–Crippen MR) is 81.1 cm³/mol. The normalized spacial score (nSPS) is 16.6. The second-order valence-corrected chi connectivity index (χ2v) is 5.66. The number of hydrogen-bond acceptors (Lipinski definition) is 3. The summed E-state index contributed by atoms with van der Waals surface area (Å²) in [5, 5.41) is 6.79. The summed E-state index contributed by atoms with van der Waals surface area (Å²) in [5.74, 6) is -0.139. The largest absolute Gasteiger partial charge is 0.351 e. The number of pyridine rings is 1. The van der Waals surface area contributed by atoms with Gasteiger partial charge < -0.3 is 10.6 Å². The average molecular weight is 296 g/mol. The molecule has 1 amide bonds. The van der Waals surface area contributed by atoms with Crippen LogP contribution in [-0.2, 0) is 0 Å². The van der Waals surface area contributed by atoms with Crippen molar-refractivity contribution >= 4 is 17.5 Å². The number of hydrogen-bond donors (Lipinski definition) is 2. The summed E-state index contributed by atoms with van der Waals surface area (Å²) in [5.41, 5.74) is 0.483. The fourth-order valence-electron chi connectivity index (χ4n) is 2.59. The molecule has 0 saturated heterocycles. The van der Waals surface area contributed by atoms with Gasteiger partial charge >= 0.3 is 0 Å². The summed E-state index contributed by atoms with van der Waals surface area (Å²) < 4.78 is 0. The maximum atomic E-state index is 11.9. The number of aromatic nitrogens is 1. The predicted octanol–water partition coefficient (Wildman–Crippen LogP) is 2.78. The van der Waals surface area contributed by atoms with Gasteiger partial charge in [-0.3, -0.25) is 9.78 Å². The van der Waals surface area contributed by atoms with Gasteiger partial charge in [0.2, 0.25) is 0 Å². The topological polar surface area (TPSA) is 54.0 Å². The Bertz CT molecular complexity index is 431. The third-order valence-corrected chi connectivity index (χ3v) is 4.02. The van der Waals surface area contributed by atoms with Crippen LogP contribution in [0.5, 0.6) is 0 Å². The van der Waals surface area contributed by atoms with Crippen molar-refractivity contribution in [2.24, 2.45) is 0 Å². The number of nitrogens with zero attached hydrogens (tertiary/aromatic N) is 1. The maximum Gasteiger partial charge on any atom is 0.252 e. The molecule has 0 bridgehead atoms. The van der Waals surface area contributed by atoms with Crippen LogP contribution in [0.4, 0.5) is 0 Å². The fraction of sp³-hybridized carbons (Fsp3) is 0.600. The molecule has 110 valence electrons. The van der Waals surface area contributed by atoms with Crippen LogP contribution in [0.3, 0.4) is 0 Å². The molecule has 1 heterocycles. The van der Waals surface area contributed by atoms with Crippen LogP contribution in [-0.4, -0.2) is 30.0 Å². The van der Waals surface area contributed by atoms with E-state index in [1.807, 2.05) is 0 Å². The Morgan fingerprint density at radius 1 is 1.25 bits per heavy atom. The Kier molecular flexibility index (Phi) is 6.27. The first-order valence-electron chi connectivity index (χ1n) is 7.38. The lowest BCUT2D eigenvalue weighted by molar-refractivity contribution is 0.0953. The first kappa shape index (κ1) is 15.3. The molecule has 5 heteroatoms. The molecule has 1 fully saturated rings. The minimum absolute atomic E-state index is 0.139. The third kappa shape index (κ3) is 4.76. The van der Waals surface area contributed by atoms with E-state index in [1.165, 1.54) is 44.7 Å². The molecule has 2 N–H and O–H groups in total. The Labute approximate surface area is 125 Å². The van der Waals surface area contributed by atoms with Gasteiger partial charge in [-0.05, 0) is 18.9 Å². The Morgan fingerprint density at radius 3 is 2.70 bits per heavy atom. The van der Waals surface area contributed by atoms with Crippen LogP contribution in [0.1, 0.15) is 48.9 Å². The van der Waals surface area contributed by atoms with Crippen LogP contribution in [0.25, 0.3) is 0 Å². The molecule has 0 spiro atoms. The van der Waals surface area contributed by atoms with Crippen molar-refractivity contribution in [3.05, 3.63) is 29.0 Å². The molecule has 2 rings (SSSR count). The molecule has 0 aromatic carbocycles. The second kappa shape index (κ2) is 8.22. The molecular weight excluding hydrogens is 274 g/mol. The zero-order valence-corrected chi connectivity index (χ0v) is 12.5. The van der Waals surface area contributed by atoms with Gasteiger partial charge in [0.05, 0.1) is 10.6 Å². The van der Waals surface area contributed by atoms with Crippen LogP contribution >= 0.6 is 11.6 Å². The third-order valence-electron chi connectivity index (χ3n) is 3.72. The van der Waals surface area contributed by atoms with E-state index in [4.69, 9.17) is 11.6 Å². The molecule has 0 radical (unpaired) electrons. The Morgan fingerprint density at radius 2 is 2.00 bits per heavy atom. The molecule has 20 heavy (non-hydrogen) atoms. The van der Waals surface area contributed by atoms with Gasteiger partial charge in [0.25, 0.3) is 5.91 Å². The van der Waals surface area contributed by atoms with Gasteiger partial charge in [0, 0.05) is 31.5 Å². The quantitative estimate of drug-likeness (QED) is 0.649. The minimum atomic E-state index is -0.139. The molecule has 0 atom stereocenters. The number of amides is 1. The van der Waals surface area contributed by atoms with E-state index >= 15 is 0 Å². The molecule has 1 aromatic rings. The highest BCUT2D eigenvalue weighted by Crippen LogP contribution is 2.17. The van der Waals surface area contributed by atoms with Crippen LogP contribution in [0, 0.1) is 0 Å². The lowest BCUT2D eigenvalue weighted by Gasteiger charge is -2.16. The van der Waals surface area contributed by atoms with Gasteiger partial charge in [-0.25, -0.2) is 0 Å². The highest BCUT2D eigenvalue weighted by Gasteiger charge is 2.12. The number of nitrogens with one attached hydrogen (secondary N) is 2. The van der Waals surface area contributed by atoms with E-state index in [1.54, 1.807) is 12.3 Å². The second-order valence-electron chi connectivity index (χ2n) is 5.25. The lowest BCUT2D eigenvalue weighted by Crippen LogP contribution is -2.36. The number of carbonyl (C=O) groups excluding carboxylic acids is 1.